The van der Waals surface area contributed by atoms with Crippen molar-refractivity contribution in [3.63, 3.8) is 0 Å². The van der Waals surface area contributed by atoms with Crippen LogP contribution < -0.4 is 0 Å². The lowest BCUT2D eigenvalue weighted by Crippen LogP contribution is -2.11. The fourth-order valence-corrected chi connectivity index (χ4v) is 3.09. The summed E-state index contributed by atoms with van der Waals surface area (Å²) in [5.74, 6) is 0. The van der Waals surface area contributed by atoms with E-state index in [0.717, 1.165) is 28.1 Å². The van der Waals surface area contributed by atoms with Crippen LogP contribution in [0.5, 0.6) is 0 Å². The molecule has 0 amide bonds. The smallest absolute Gasteiger partial charge is 0.0986 e. The summed E-state index contributed by atoms with van der Waals surface area (Å²) < 4.78 is 1.90. The monoisotopic (exact) mass is 340 g/mol. The molecule has 0 aliphatic carbocycles. The standard InChI is InChI=1S/C23H20N2O/c26-23(20-14-8-3-9-15-20)17-25-22(19-12-6-2-7-13-19)16-21(24-25)18-10-4-1-5-11-18/h1-16,23,26H,17H2. The third kappa shape index (κ3) is 3.44. The van der Waals surface area contributed by atoms with Gasteiger partial charge in [0.05, 0.1) is 24.0 Å². The maximum absolute atomic E-state index is 10.7. The second-order valence-electron chi connectivity index (χ2n) is 6.26. The van der Waals surface area contributed by atoms with Gasteiger partial charge in [-0.15, -0.1) is 0 Å². The van der Waals surface area contributed by atoms with E-state index in [1.54, 1.807) is 0 Å². The Morgan fingerprint density at radius 2 is 1.27 bits per heavy atom. The third-order valence-corrected chi connectivity index (χ3v) is 4.45. The van der Waals surface area contributed by atoms with Crippen molar-refractivity contribution in [3.05, 3.63) is 103 Å². The summed E-state index contributed by atoms with van der Waals surface area (Å²) >= 11 is 0. The Kier molecular flexibility index (Phi) is 4.63. The van der Waals surface area contributed by atoms with Crippen LogP contribution in [-0.4, -0.2) is 14.9 Å². The van der Waals surface area contributed by atoms with Gasteiger partial charge in [-0.3, -0.25) is 4.68 Å². The predicted octanol–water partition coefficient (Wildman–Crippen LogP) is 4.95. The van der Waals surface area contributed by atoms with Crippen molar-refractivity contribution in [1.82, 2.24) is 9.78 Å². The first kappa shape index (κ1) is 16.3. The normalized spacial score (nSPS) is 12.0. The molecule has 3 heteroatoms. The van der Waals surface area contributed by atoms with Gasteiger partial charge in [0.2, 0.25) is 0 Å². The van der Waals surface area contributed by atoms with Gasteiger partial charge < -0.3 is 5.11 Å². The van der Waals surface area contributed by atoms with Gasteiger partial charge >= 0.3 is 0 Å². The highest BCUT2D eigenvalue weighted by molar-refractivity contribution is 5.68. The van der Waals surface area contributed by atoms with E-state index in [4.69, 9.17) is 5.10 Å². The Labute approximate surface area is 153 Å². The summed E-state index contributed by atoms with van der Waals surface area (Å²) in [5.41, 5.74) is 4.95. The fraction of sp³-hybridized carbons (Fsp3) is 0.0870. The molecule has 0 bridgehead atoms. The molecule has 0 spiro atoms. The molecule has 4 rings (SSSR count). The van der Waals surface area contributed by atoms with Crippen LogP contribution in [0.15, 0.2) is 97.1 Å². The first-order chi connectivity index (χ1) is 12.8. The molecule has 0 saturated carbocycles. The Morgan fingerprint density at radius 1 is 0.731 bits per heavy atom. The van der Waals surface area contributed by atoms with Crippen molar-refractivity contribution >= 4 is 0 Å². The van der Waals surface area contributed by atoms with Gasteiger partial charge in [0, 0.05) is 5.56 Å². The molecule has 1 unspecified atom stereocenters. The molecule has 128 valence electrons. The zero-order valence-electron chi connectivity index (χ0n) is 14.4. The molecule has 26 heavy (non-hydrogen) atoms. The van der Waals surface area contributed by atoms with Crippen LogP contribution in [0, 0.1) is 0 Å². The number of hydrogen-bond acceptors (Lipinski definition) is 2. The predicted molar refractivity (Wildman–Crippen MR) is 105 cm³/mol. The van der Waals surface area contributed by atoms with E-state index in [0.29, 0.717) is 6.54 Å². The summed E-state index contributed by atoms with van der Waals surface area (Å²) in [4.78, 5) is 0. The zero-order chi connectivity index (χ0) is 17.8. The highest BCUT2D eigenvalue weighted by Crippen LogP contribution is 2.27. The Bertz CT molecular complexity index is 963. The van der Waals surface area contributed by atoms with E-state index in [1.807, 2.05) is 71.4 Å². The highest BCUT2D eigenvalue weighted by atomic mass is 16.3. The SMILES string of the molecule is OC(Cn1nc(-c2ccccc2)cc1-c1ccccc1)c1ccccc1. The van der Waals surface area contributed by atoms with E-state index >= 15 is 0 Å². The van der Waals surface area contributed by atoms with Crippen LogP contribution in [0.2, 0.25) is 0 Å². The third-order valence-electron chi connectivity index (χ3n) is 4.45. The average molecular weight is 340 g/mol. The number of hydrogen-bond donors (Lipinski definition) is 1. The number of benzene rings is 3. The summed E-state index contributed by atoms with van der Waals surface area (Å²) in [6.07, 6.45) is -0.609. The van der Waals surface area contributed by atoms with Crippen LogP contribution in [0.3, 0.4) is 0 Å². The summed E-state index contributed by atoms with van der Waals surface area (Å²) in [7, 11) is 0. The van der Waals surface area contributed by atoms with Crippen LogP contribution in [0.25, 0.3) is 22.5 Å². The molecule has 1 N–H and O–H groups in total. The topological polar surface area (TPSA) is 38.0 Å². The molecule has 0 radical (unpaired) electrons. The van der Waals surface area contributed by atoms with Crippen molar-refractivity contribution in [3.8, 4) is 22.5 Å². The summed E-state index contributed by atoms with van der Waals surface area (Å²) in [5, 5.41) is 15.4. The van der Waals surface area contributed by atoms with Crippen molar-refractivity contribution in [2.75, 3.05) is 0 Å². The number of aliphatic hydroxyl groups is 1. The van der Waals surface area contributed by atoms with E-state index in [9.17, 15) is 5.11 Å². The quantitative estimate of drug-likeness (QED) is 0.558. The number of rotatable bonds is 5. The van der Waals surface area contributed by atoms with E-state index in [2.05, 4.69) is 30.3 Å². The summed E-state index contributed by atoms with van der Waals surface area (Å²) in [6, 6.07) is 32.1. The van der Waals surface area contributed by atoms with E-state index in [-0.39, 0.29) is 0 Å². The van der Waals surface area contributed by atoms with E-state index in [1.165, 1.54) is 0 Å². The molecule has 0 aliphatic heterocycles. The van der Waals surface area contributed by atoms with Crippen LogP contribution in [0.1, 0.15) is 11.7 Å². The van der Waals surface area contributed by atoms with Gasteiger partial charge in [-0.25, -0.2) is 0 Å². The first-order valence-corrected chi connectivity index (χ1v) is 8.73. The van der Waals surface area contributed by atoms with Gasteiger partial charge in [-0.1, -0.05) is 91.0 Å². The lowest BCUT2D eigenvalue weighted by molar-refractivity contribution is 0.152. The second kappa shape index (κ2) is 7.38. The molecule has 0 saturated heterocycles. The fourth-order valence-electron chi connectivity index (χ4n) is 3.09. The molecule has 1 heterocycles. The van der Waals surface area contributed by atoms with Crippen molar-refractivity contribution in [1.29, 1.82) is 0 Å². The molecule has 3 aromatic carbocycles. The minimum Gasteiger partial charge on any atom is -0.386 e. The molecule has 0 aliphatic rings. The number of aromatic nitrogens is 2. The van der Waals surface area contributed by atoms with Crippen molar-refractivity contribution in [2.24, 2.45) is 0 Å². The lowest BCUT2D eigenvalue weighted by Gasteiger charge is -2.13. The molecule has 1 aromatic heterocycles. The minimum atomic E-state index is -0.609. The van der Waals surface area contributed by atoms with Crippen molar-refractivity contribution < 1.29 is 5.11 Å². The van der Waals surface area contributed by atoms with Gasteiger partial charge in [0.25, 0.3) is 0 Å². The Balaban J connectivity index is 1.73. The average Bonchev–Trinajstić information content (AvgIpc) is 3.14. The van der Waals surface area contributed by atoms with Crippen LogP contribution in [0.4, 0.5) is 0 Å². The number of aliphatic hydroxyl groups excluding tert-OH is 1. The maximum atomic E-state index is 10.7. The van der Waals surface area contributed by atoms with Crippen molar-refractivity contribution in [2.45, 2.75) is 12.6 Å². The zero-order valence-corrected chi connectivity index (χ0v) is 14.4. The van der Waals surface area contributed by atoms with Gasteiger partial charge in [-0.05, 0) is 17.2 Å². The first-order valence-electron chi connectivity index (χ1n) is 8.73. The lowest BCUT2D eigenvalue weighted by atomic mass is 10.1. The molecule has 1 atom stereocenters. The molecule has 3 nitrogen and oxygen atoms in total. The van der Waals surface area contributed by atoms with E-state index < -0.39 is 6.10 Å². The number of nitrogens with zero attached hydrogens (tertiary/aromatic N) is 2. The highest BCUT2D eigenvalue weighted by Gasteiger charge is 2.15. The minimum absolute atomic E-state index is 0.404. The van der Waals surface area contributed by atoms with Gasteiger partial charge in [0.15, 0.2) is 0 Å². The molecule has 0 fully saturated rings. The summed E-state index contributed by atoms with van der Waals surface area (Å²) in [6.45, 7) is 0.404. The molecular formula is C23H20N2O. The van der Waals surface area contributed by atoms with Crippen LogP contribution >= 0.6 is 0 Å². The molecule has 4 aromatic rings. The molecular weight excluding hydrogens is 320 g/mol. The van der Waals surface area contributed by atoms with Gasteiger partial charge in [-0.2, -0.15) is 5.10 Å². The Morgan fingerprint density at radius 3 is 1.88 bits per heavy atom. The Hall–Kier alpha value is -3.17. The van der Waals surface area contributed by atoms with Gasteiger partial charge in [0.1, 0.15) is 0 Å². The largest absolute Gasteiger partial charge is 0.386 e. The maximum Gasteiger partial charge on any atom is 0.0986 e. The van der Waals surface area contributed by atoms with Crippen LogP contribution in [-0.2, 0) is 6.54 Å². The second-order valence-corrected chi connectivity index (χ2v) is 6.26.